The van der Waals surface area contributed by atoms with Crippen LogP contribution in [0.3, 0.4) is 0 Å². The van der Waals surface area contributed by atoms with Gasteiger partial charge in [-0.05, 0) is 69.4 Å². The zero-order valence-corrected chi connectivity index (χ0v) is 29.0. The molecule has 10 rings (SSSR count). The number of aromatic nitrogens is 5. The van der Waals surface area contributed by atoms with Crippen LogP contribution >= 0.6 is 0 Å². The van der Waals surface area contributed by atoms with Crippen LogP contribution in [-0.2, 0) is 14.1 Å². The van der Waals surface area contributed by atoms with Gasteiger partial charge in [-0.3, -0.25) is 9.13 Å². The summed E-state index contributed by atoms with van der Waals surface area (Å²) in [4.78, 5) is 28.0. The van der Waals surface area contributed by atoms with Crippen LogP contribution in [0, 0.1) is 0 Å². The number of fused-ring (bicyclic) bond motifs is 5. The van der Waals surface area contributed by atoms with Crippen molar-refractivity contribution in [2.75, 3.05) is 0 Å². The maximum Gasteiger partial charge on any atom is 0.328 e. The first kappa shape index (κ1) is 30.7. The molecule has 0 N–H and O–H groups in total. The number of imidazole rings is 1. The van der Waals surface area contributed by atoms with Crippen LogP contribution in [0.4, 0.5) is 0 Å². The van der Waals surface area contributed by atoms with Crippen LogP contribution in [0.1, 0.15) is 0 Å². The lowest BCUT2D eigenvalue weighted by Gasteiger charge is -2.13. The molecule has 0 aliphatic heterocycles. The smallest absolute Gasteiger partial charge is 0.328 e. The molecule has 0 atom stereocenters. The van der Waals surface area contributed by atoms with Gasteiger partial charge in [0.2, 0.25) is 0 Å². The first-order valence-corrected chi connectivity index (χ1v) is 17.5. The number of furan rings is 1. The van der Waals surface area contributed by atoms with E-state index in [-0.39, 0.29) is 5.69 Å². The van der Waals surface area contributed by atoms with Gasteiger partial charge in [0.25, 0.3) is 0 Å². The van der Waals surface area contributed by atoms with Crippen LogP contribution in [0.15, 0.2) is 161 Å². The van der Waals surface area contributed by atoms with Gasteiger partial charge in [0.1, 0.15) is 11.2 Å². The Bertz CT molecular complexity index is 3120. The summed E-state index contributed by atoms with van der Waals surface area (Å²) in [7, 11) is 3.60. The van der Waals surface area contributed by atoms with Crippen molar-refractivity contribution >= 4 is 43.7 Å². The summed E-state index contributed by atoms with van der Waals surface area (Å²) in [6.45, 7) is 0. The Morgan fingerprint density at radius 2 is 1.06 bits per heavy atom. The minimum absolute atomic E-state index is 0.0528. The molecule has 0 unspecified atom stereocenters. The normalized spacial score (nSPS) is 11.7. The van der Waals surface area contributed by atoms with E-state index in [1.807, 2.05) is 72.8 Å². The van der Waals surface area contributed by atoms with Crippen LogP contribution in [0.25, 0.3) is 100 Å². The molecule has 7 aromatic carbocycles. The average Bonchev–Trinajstić information content (AvgIpc) is 3.69. The van der Waals surface area contributed by atoms with E-state index in [0.717, 1.165) is 82.7 Å². The predicted molar refractivity (Wildman–Crippen MR) is 214 cm³/mol. The Morgan fingerprint density at radius 1 is 0.453 bits per heavy atom. The van der Waals surface area contributed by atoms with Gasteiger partial charge in [0.05, 0.1) is 11.0 Å². The summed E-state index contributed by atoms with van der Waals surface area (Å²) in [5, 5.41) is 4.42. The molecule has 0 amide bonds. The van der Waals surface area contributed by atoms with Crippen molar-refractivity contribution in [3.05, 3.63) is 162 Å². The zero-order chi connectivity index (χ0) is 35.6. The van der Waals surface area contributed by atoms with Gasteiger partial charge in [0.15, 0.2) is 17.5 Å². The van der Waals surface area contributed by atoms with Gasteiger partial charge < -0.3 is 4.42 Å². The van der Waals surface area contributed by atoms with E-state index < -0.39 is 0 Å². The molecule has 7 heteroatoms. The predicted octanol–water partition coefficient (Wildman–Crippen LogP) is 10.4. The van der Waals surface area contributed by atoms with Gasteiger partial charge in [-0.25, -0.2) is 19.7 Å². The lowest BCUT2D eigenvalue weighted by molar-refractivity contribution is 0.669. The van der Waals surface area contributed by atoms with Gasteiger partial charge in [-0.1, -0.05) is 115 Å². The molecule has 3 aromatic heterocycles. The molecule has 0 aliphatic rings. The summed E-state index contributed by atoms with van der Waals surface area (Å²) in [5.41, 5.74) is 10.1. The largest absolute Gasteiger partial charge is 0.456 e. The van der Waals surface area contributed by atoms with Crippen LogP contribution in [0.2, 0.25) is 0 Å². The second-order valence-electron chi connectivity index (χ2n) is 13.4. The van der Waals surface area contributed by atoms with E-state index in [2.05, 4.69) is 78.9 Å². The van der Waals surface area contributed by atoms with Crippen molar-refractivity contribution in [2.24, 2.45) is 14.1 Å². The van der Waals surface area contributed by atoms with Crippen LogP contribution in [-0.4, -0.2) is 24.1 Å². The number of hydrogen-bond acceptors (Lipinski definition) is 5. The lowest BCUT2D eigenvalue weighted by Crippen LogP contribution is -2.19. The van der Waals surface area contributed by atoms with E-state index in [0.29, 0.717) is 17.5 Å². The molecule has 0 bridgehead atoms. The van der Waals surface area contributed by atoms with Gasteiger partial charge in [-0.2, -0.15) is 0 Å². The lowest BCUT2D eigenvalue weighted by atomic mass is 9.94. The second-order valence-corrected chi connectivity index (χ2v) is 13.4. The van der Waals surface area contributed by atoms with E-state index in [9.17, 15) is 4.79 Å². The minimum Gasteiger partial charge on any atom is -0.456 e. The number of benzene rings is 7. The summed E-state index contributed by atoms with van der Waals surface area (Å²) in [6.07, 6.45) is 0. The van der Waals surface area contributed by atoms with Gasteiger partial charge in [-0.15, -0.1) is 0 Å². The van der Waals surface area contributed by atoms with Gasteiger partial charge in [0, 0.05) is 41.6 Å². The Kier molecular flexibility index (Phi) is 6.94. The van der Waals surface area contributed by atoms with E-state index >= 15 is 0 Å². The maximum absolute atomic E-state index is 12.6. The number of aryl methyl sites for hydroxylation is 2. The summed E-state index contributed by atoms with van der Waals surface area (Å²) >= 11 is 0. The quantitative estimate of drug-likeness (QED) is 0.180. The van der Waals surface area contributed by atoms with E-state index in [4.69, 9.17) is 19.4 Å². The third-order valence-corrected chi connectivity index (χ3v) is 10.2. The standard InChI is InChI=1S/C46H31N5O2/c1-50-38-23-22-32(26-39(38)51(2)46(50)52)29-16-10-17-33(24-29)44-47-43(28-12-4-3-5-13-28)48-45(49-44)36-19-9-8-18-34(36)35-20-11-21-40-42(35)37-25-30-14-6-7-15-31(30)27-41(37)53-40/h3-27H,1-2H3. The van der Waals surface area contributed by atoms with Crippen molar-refractivity contribution in [1.82, 2.24) is 24.1 Å². The van der Waals surface area contributed by atoms with Crippen molar-refractivity contribution in [3.8, 4) is 56.4 Å². The highest BCUT2D eigenvalue weighted by Gasteiger charge is 2.20. The first-order chi connectivity index (χ1) is 26.0. The third kappa shape index (κ3) is 5.05. The number of rotatable bonds is 5. The average molecular weight is 686 g/mol. The molecule has 0 aliphatic carbocycles. The SMILES string of the molecule is Cn1c(=O)n(C)c2cc(-c3cccc(-c4nc(-c5ccccc5)nc(-c5ccccc5-c5cccc6oc7cc8ccccc8cc7c56)n4)c3)ccc21. The zero-order valence-electron chi connectivity index (χ0n) is 29.0. The Labute approximate surface area is 304 Å². The molecule has 0 radical (unpaired) electrons. The van der Waals surface area contributed by atoms with Crippen LogP contribution in [0.5, 0.6) is 0 Å². The Balaban J connectivity index is 1.16. The van der Waals surface area contributed by atoms with E-state index in [1.54, 1.807) is 23.2 Å². The fourth-order valence-corrected chi connectivity index (χ4v) is 7.52. The maximum atomic E-state index is 12.6. The fourth-order valence-electron chi connectivity index (χ4n) is 7.52. The molecule has 7 nitrogen and oxygen atoms in total. The summed E-state index contributed by atoms with van der Waals surface area (Å²) in [5.74, 6) is 1.73. The molecular weight excluding hydrogens is 655 g/mol. The monoisotopic (exact) mass is 685 g/mol. The number of hydrogen-bond donors (Lipinski definition) is 0. The molecule has 0 fully saturated rings. The van der Waals surface area contributed by atoms with Crippen molar-refractivity contribution in [2.45, 2.75) is 0 Å². The first-order valence-electron chi connectivity index (χ1n) is 17.5. The highest BCUT2D eigenvalue weighted by molar-refractivity contribution is 6.16. The molecule has 53 heavy (non-hydrogen) atoms. The summed E-state index contributed by atoms with van der Waals surface area (Å²) < 4.78 is 9.80. The highest BCUT2D eigenvalue weighted by atomic mass is 16.3. The molecule has 10 aromatic rings. The Hall–Kier alpha value is -7.12. The van der Waals surface area contributed by atoms with Crippen LogP contribution < -0.4 is 5.69 Å². The Morgan fingerprint density at radius 3 is 1.89 bits per heavy atom. The summed E-state index contributed by atoms with van der Waals surface area (Å²) in [6, 6.07) is 51.6. The van der Waals surface area contributed by atoms with Crippen molar-refractivity contribution in [3.63, 3.8) is 0 Å². The van der Waals surface area contributed by atoms with Crippen molar-refractivity contribution in [1.29, 1.82) is 0 Å². The minimum atomic E-state index is -0.0528. The topological polar surface area (TPSA) is 78.7 Å². The molecule has 252 valence electrons. The highest BCUT2D eigenvalue weighted by Crippen LogP contribution is 2.41. The van der Waals surface area contributed by atoms with Gasteiger partial charge >= 0.3 is 5.69 Å². The third-order valence-electron chi connectivity index (χ3n) is 10.2. The molecule has 0 saturated heterocycles. The molecule has 0 spiro atoms. The second kappa shape index (κ2) is 12.0. The van der Waals surface area contributed by atoms with E-state index in [1.165, 1.54) is 0 Å². The molecular formula is C46H31N5O2. The van der Waals surface area contributed by atoms with Crippen molar-refractivity contribution < 1.29 is 4.42 Å². The molecule has 3 heterocycles. The molecule has 0 saturated carbocycles. The fraction of sp³-hybridized carbons (Fsp3) is 0.0435. The number of nitrogens with zero attached hydrogens (tertiary/aromatic N) is 5.